The second kappa shape index (κ2) is 11.6. The Balaban J connectivity index is 1.55. The lowest BCUT2D eigenvalue weighted by Crippen LogP contribution is -2.36. The number of rotatable bonds is 12. The molecule has 3 rings (SSSR count). The number of carboxylic acid groups (broad SMARTS) is 1. The SMILES string of the molecule is CCCCCCCCCCc1cnc(-c2ccc([C@@]3(OC(=O)O)COC(C)(C)O3)cc2)nc1. The quantitative estimate of drug-likeness (QED) is 0.289. The highest BCUT2D eigenvalue weighted by Gasteiger charge is 2.50. The molecule has 1 fully saturated rings. The first-order chi connectivity index (χ1) is 15.8. The lowest BCUT2D eigenvalue weighted by atomic mass is 10.0. The molecule has 180 valence electrons. The van der Waals surface area contributed by atoms with Gasteiger partial charge in [-0.1, -0.05) is 76.1 Å². The molecule has 1 saturated heterocycles. The molecule has 2 heterocycles. The highest BCUT2D eigenvalue weighted by atomic mass is 16.9. The van der Waals surface area contributed by atoms with Crippen LogP contribution in [0.3, 0.4) is 0 Å². The molecule has 7 heteroatoms. The molecule has 1 aliphatic heterocycles. The van der Waals surface area contributed by atoms with Gasteiger partial charge in [0.15, 0.2) is 11.6 Å². The zero-order valence-corrected chi connectivity index (χ0v) is 20.0. The van der Waals surface area contributed by atoms with Crippen molar-refractivity contribution in [1.29, 1.82) is 0 Å². The summed E-state index contributed by atoms with van der Waals surface area (Å²) in [6.07, 6.45) is 13.8. The summed E-state index contributed by atoms with van der Waals surface area (Å²) < 4.78 is 16.5. The fraction of sp³-hybridized carbons (Fsp3) is 0.577. The molecule has 7 nitrogen and oxygen atoms in total. The summed E-state index contributed by atoms with van der Waals surface area (Å²) in [7, 11) is 0. The Morgan fingerprint density at radius 1 is 1.00 bits per heavy atom. The minimum Gasteiger partial charge on any atom is -0.450 e. The van der Waals surface area contributed by atoms with Crippen molar-refractivity contribution in [3.05, 3.63) is 47.8 Å². The van der Waals surface area contributed by atoms with E-state index in [9.17, 15) is 9.90 Å². The maximum Gasteiger partial charge on any atom is 0.508 e. The van der Waals surface area contributed by atoms with E-state index in [0.717, 1.165) is 24.0 Å². The Kier molecular flexibility index (Phi) is 8.80. The highest BCUT2D eigenvalue weighted by Crippen LogP contribution is 2.40. The first-order valence-corrected chi connectivity index (χ1v) is 12.0. The molecule has 1 aromatic carbocycles. The van der Waals surface area contributed by atoms with E-state index in [1.54, 1.807) is 26.0 Å². The zero-order chi connectivity index (χ0) is 23.7. The summed E-state index contributed by atoms with van der Waals surface area (Å²) in [5, 5.41) is 9.19. The first kappa shape index (κ1) is 25.1. The maximum atomic E-state index is 11.3. The molecule has 0 aliphatic carbocycles. The van der Waals surface area contributed by atoms with E-state index in [1.807, 2.05) is 24.5 Å². The summed E-state index contributed by atoms with van der Waals surface area (Å²) in [4.78, 5) is 20.3. The Morgan fingerprint density at radius 3 is 2.15 bits per heavy atom. The van der Waals surface area contributed by atoms with Gasteiger partial charge >= 0.3 is 6.16 Å². The van der Waals surface area contributed by atoms with Gasteiger partial charge in [-0.25, -0.2) is 14.8 Å². The monoisotopic (exact) mass is 456 g/mol. The van der Waals surface area contributed by atoms with Crippen LogP contribution in [0.15, 0.2) is 36.7 Å². The fourth-order valence-electron chi connectivity index (χ4n) is 4.09. The van der Waals surface area contributed by atoms with Crippen LogP contribution >= 0.6 is 0 Å². The summed E-state index contributed by atoms with van der Waals surface area (Å²) in [5.74, 6) is -1.81. The van der Waals surface area contributed by atoms with Crippen molar-refractivity contribution >= 4 is 6.16 Å². The molecule has 0 spiro atoms. The van der Waals surface area contributed by atoms with Crippen molar-refractivity contribution < 1.29 is 24.1 Å². The van der Waals surface area contributed by atoms with Gasteiger partial charge in [-0.2, -0.15) is 0 Å². The Hall–Kier alpha value is -2.51. The second-order valence-corrected chi connectivity index (χ2v) is 9.13. The molecule has 33 heavy (non-hydrogen) atoms. The minimum absolute atomic E-state index is 0.0183. The van der Waals surface area contributed by atoms with E-state index in [-0.39, 0.29) is 6.61 Å². The van der Waals surface area contributed by atoms with Crippen LogP contribution in [0, 0.1) is 0 Å². The maximum absolute atomic E-state index is 11.3. The van der Waals surface area contributed by atoms with Gasteiger partial charge in [0.25, 0.3) is 5.79 Å². The number of hydrogen-bond donors (Lipinski definition) is 1. The zero-order valence-electron chi connectivity index (χ0n) is 20.0. The van der Waals surface area contributed by atoms with Gasteiger partial charge in [-0.3, -0.25) is 0 Å². The van der Waals surface area contributed by atoms with Crippen molar-refractivity contribution in [2.45, 2.75) is 90.1 Å². The average Bonchev–Trinajstić information content (AvgIpc) is 3.11. The topological polar surface area (TPSA) is 90.8 Å². The first-order valence-electron chi connectivity index (χ1n) is 12.0. The van der Waals surface area contributed by atoms with Crippen LogP contribution in [0.4, 0.5) is 4.79 Å². The average molecular weight is 457 g/mol. The van der Waals surface area contributed by atoms with Crippen LogP contribution in [-0.4, -0.2) is 33.6 Å². The Morgan fingerprint density at radius 2 is 1.61 bits per heavy atom. The van der Waals surface area contributed by atoms with E-state index in [4.69, 9.17) is 14.2 Å². The summed E-state index contributed by atoms with van der Waals surface area (Å²) in [5.41, 5.74) is 2.54. The molecule has 1 aliphatic rings. The van der Waals surface area contributed by atoms with Gasteiger partial charge in [0.05, 0.1) is 0 Å². The van der Waals surface area contributed by atoms with Crippen LogP contribution in [0.2, 0.25) is 0 Å². The number of nitrogens with zero attached hydrogens (tertiary/aromatic N) is 2. The molecule has 0 saturated carbocycles. The molecule has 0 unspecified atom stereocenters. The fourth-order valence-corrected chi connectivity index (χ4v) is 4.09. The molecule has 1 aromatic heterocycles. The Bertz CT molecular complexity index is 883. The molecular formula is C26H36N2O5. The molecule has 0 bridgehead atoms. The summed E-state index contributed by atoms with van der Waals surface area (Å²) in [6.45, 7) is 5.67. The number of ether oxygens (including phenoxy) is 3. The van der Waals surface area contributed by atoms with Crippen molar-refractivity contribution in [3.8, 4) is 11.4 Å². The predicted octanol–water partition coefficient (Wildman–Crippen LogP) is 6.46. The number of aromatic nitrogens is 2. The minimum atomic E-state index is -1.49. The smallest absolute Gasteiger partial charge is 0.450 e. The number of aryl methyl sites for hydroxylation is 1. The van der Waals surface area contributed by atoms with Gasteiger partial charge in [-0.15, -0.1) is 0 Å². The van der Waals surface area contributed by atoms with Crippen LogP contribution in [-0.2, 0) is 26.4 Å². The number of hydrogen-bond acceptors (Lipinski definition) is 6. The van der Waals surface area contributed by atoms with Gasteiger partial charge in [0.1, 0.15) is 6.61 Å². The molecule has 0 radical (unpaired) electrons. The highest BCUT2D eigenvalue weighted by molar-refractivity contribution is 5.59. The molecule has 2 aromatic rings. The van der Waals surface area contributed by atoms with Gasteiger partial charge in [0, 0.05) is 23.5 Å². The molecule has 1 atom stereocenters. The van der Waals surface area contributed by atoms with Crippen LogP contribution in [0.25, 0.3) is 11.4 Å². The molecular weight excluding hydrogens is 420 g/mol. The van der Waals surface area contributed by atoms with Gasteiger partial charge in [-0.05, 0) is 32.3 Å². The predicted molar refractivity (Wildman–Crippen MR) is 126 cm³/mol. The van der Waals surface area contributed by atoms with Crippen molar-refractivity contribution in [2.24, 2.45) is 0 Å². The second-order valence-electron chi connectivity index (χ2n) is 9.13. The lowest BCUT2D eigenvalue weighted by Gasteiger charge is -2.27. The third kappa shape index (κ3) is 7.24. The van der Waals surface area contributed by atoms with Gasteiger partial charge in [0.2, 0.25) is 0 Å². The van der Waals surface area contributed by atoms with Crippen LogP contribution in [0.5, 0.6) is 0 Å². The van der Waals surface area contributed by atoms with Crippen LogP contribution < -0.4 is 0 Å². The van der Waals surface area contributed by atoms with Crippen molar-refractivity contribution in [2.75, 3.05) is 6.61 Å². The number of unbranched alkanes of at least 4 members (excludes halogenated alkanes) is 7. The largest absolute Gasteiger partial charge is 0.508 e. The third-order valence-corrected chi connectivity index (χ3v) is 5.88. The van der Waals surface area contributed by atoms with Gasteiger partial charge < -0.3 is 19.3 Å². The number of benzene rings is 1. The van der Waals surface area contributed by atoms with E-state index in [0.29, 0.717) is 11.4 Å². The lowest BCUT2D eigenvalue weighted by molar-refractivity contribution is -0.240. The summed E-state index contributed by atoms with van der Waals surface area (Å²) >= 11 is 0. The Labute approximate surface area is 196 Å². The molecule has 1 N–H and O–H groups in total. The standard InChI is InChI=1S/C26H36N2O5/c1-4-5-6-7-8-9-10-11-12-20-17-27-23(28-18-20)21-13-15-22(16-14-21)26(32-24(29)30)19-31-25(2,3)33-26/h13-18H,4-12,19H2,1-3H3,(H,29,30)/t26-/m1/s1. The summed E-state index contributed by atoms with van der Waals surface area (Å²) in [6, 6.07) is 7.21. The third-order valence-electron chi connectivity index (χ3n) is 5.88. The van der Waals surface area contributed by atoms with E-state index in [1.165, 1.54) is 44.9 Å². The molecule has 0 amide bonds. The van der Waals surface area contributed by atoms with Crippen molar-refractivity contribution in [3.63, 3.8) is 0 Å². The normalized spacial score (nSPS) is 19.5. The van der Waals surface area contributed by atoms with Crippen LogP contribution in [0.1, 0.15) is 83.3 Å². The van der Waals surface area contributed by atoms with E-state index in [2.05, 4.69) is 16.9 Å². The van der Waals surface area contributed by atoms with Crippen molar-refractivity contribution in [1.82, 2.24) is 9.97 Å². The van der Waals surface area contributed by atoms with E-state index < -0.39 is 17.7 Å². The number of carbonyl (C=O) groups is 1. The van der Waals surface area contributed by atoms with E-state index >= 15 is 0 Å².